The van der Waals surface area contributed by atoms with E-state index in [4.69, 9.17) is 21.0 Å². The fraction of sp³-hybridized carbons (Fsp3) is 0.286. The van der Waals surface area contributed by atoms with Crippen molar-refractivity contribution in [2.24, 2.45) is 11.0 Å². The average molecular weight is 516 g/mol. The van der Waals surface area contributed by atoms with Crippen LogP contribution in [0, 0.1) is 19.8 Å². The van der Waals surface area contributed by atoms with Crippen LogP contribution in [0.5, 0.6) is 0 Å². The molecule has 0 bridgehead atoms. The SMILES string of the molecule is Cc1cccc(Nc2nc(N/N=C/c3ccc(-c4cccc(Cl)c4)o3)nc(N3CCC(C)CC3)n2)c1C. The molecule has 1 fully saturated rings. The van der Waals surface area contributed by atoms with E-state index < -0.39 is 0 Å². The minimum Gasteiger partial charge on any atom is -0.455 e. The third-order valence-corrected chi connectivity index (χ3v) is 6.87. The zero-order chi connectivity index (χ0) is 25.8. The van der Waals surface area contributed by atoms with Gasteiger partial charge in [0.15, 0.2) is 0 Å². The number of aromatic nitrogens is 3. The summed E-state index contributed by atoms with van der Waals surface area (Å²) in [7, 11) is 0. The van der Waals surface area contributed by atoms with E-state index in [0.717, 1.165) is 42.7 Å². The molecule has 0 radical (unpaired) electrons. The van der Waals surface area contributed by atoms with Crippen molar-refractivity contribution in [1.82, 2.24) is 15.0 Å². The molecule has 1 saturated heterocycles. The number of hydrazone groups is 1. The minimum atomic E-state index is 0.356. The molecular weight excluding hydrogens is 486 g/mol. The average Bonchev–Trinajstić information content (AvgIpc) is 3.36. The van der Waals surface area contributed by atoms with Crippen molar-refractivity contribution >= 4 is 41.3 Å². The third-order valence-electron chi connectivity index (χ3n) is 6.63. The Bertz CT molecular complexity index is 1410. The summed E-state index contributed by atoms with van der Waals surface area (Å²) in [6.07, 6.45) is 3.82. The number of halogens is 1. The summed E-state index contributed by atoms with van der Waals surface area (Å²) in [4.78, 5) is 16.2. The molecule has 37 heavy (non-hydrogen) atoms. The van der Waals surface area contributed by atoms with Gasteiger partial charge < -0.3 is 14.6 Å². The van der Waals surface area contributed by atoms with Crippen LogP contribution in [0.1, 0.15) is 36.7 Å². The summed E-state index contributed by atoms with van der Waals surface area (Å²) >= 11 is 6.10. The summed E-state index contributed by atoms with van der Waals surface area (Å²) in [5.74, 6) is 3.47. The van der Waals surface area contributed by atoms with Crippen molar-refractivity contribution in [2.75, 3.05) is 28.7 Å². The van der Waals surface area contributed by atoms with Crippen molar-refractivity contribution in [3.05, 3.63) is 76.5 Å². The summed E-state index contributed by atoms with van der Waals surface area (Å²) in [5.41, 5.74) is 7.16. The van der Waals surface area contributed by atoms with Crippen LogP contribution in [0.25, 0.3) is 11.3 Å². The van der Waals surface area contributed by atoms with Gasteiger partial charge in [-0.15, -0.1) is 0 Å². The second kappa shape index (κ2) is 11.0. The van der Waals surface area contributed by atoms with Gasteiger partial charge in [0.1, 0.15) is 11.5 Å². The molecule has 0 amide bonds. The highest BCUT2D eigenvalue weighted by Gasteiger charge is 2.20. The van der Waals surface area contributed by atoms with E-state index in [0.29, 0.717) is 40.3 Å². The fourth-order valence-electron chi connectivity index (χ4n) is 4.20. The molecule has 0 aliphatic carbocycles. The first-order valence-corrected chi connectivity index (χ1v) is 12.8. The summed E-state index contributed by atoms with van der Waals surface area (Å²) in [6.45, 7) is 8.27. The summed E-state index contributed by atoms with van der Waals surface area (Å²) in [5, 5.41) is 8.34. The van der Waals surface area contributed by atoms with Crippen molar-refractivity contribution < 1.29 is 4.42 Å². The predicted octanol–water partition coefficient (Wildman–Crippen LogP) is 6.83. The van der Waals surface area contributed by atoms with Crippen LogP contribution in [0.4, 0.5) is 23.5 Å². The first-order chi connectivity index (χ1) is 17.9. The van der Waals surface area contributed by atoms with Crippen LogP contribution in [0.2, 0.25) is 5.02 Å². The molecule has 1 aliphatic heterocycles. The lowest BCUT2D eigenvalue weighted by Crippen LogP contribution is -2.34. The Morgan fingerprint density at radius 1 is 1.00 bits per heavy atom. The van der Waals surface area contributed by atoms with Gasteiger partial charge in [-0.1, -0.05) is 42.8 Å². The second-order valence-electron chi connectivity index (χ2n) is 9.41. The van der Waals surface area contributed by atoms with Gasteiger partial charge in [0.25, 0.3) is 0 Å². The largest absolute Gasteiger partial charge is 0.455 e. The summed E-state index contributed by atoms with van der Waals surface area (Å²) < 4.78 is 5.90. The first-order valence-electron chi connectivity index (χ1n) is 12.4. The van der Waals surface area contributed by atoms with Crippen LogP contribution in [-0.2, 0) is 0 Å². The van der Waals surface area contributed by atoms with Crippen molar-refractivity contribution in [3.63, 3.8) is 0 Å². The maximum Gasteiger partial charge on any atom is 0.250 e. The molecule has 9 heteroatoms. The standard InChI is InChI=1S/C28H30ClN7O/c1-18-12-14-36(15-13-18)28-33-26(31-24-9-4-6-19(2)20(24)3)32-27(34-28)35-30-17-23-10-11-25(37-23)21-7-5-8-22(29)16-21/h4-11,16-18H,12-15H2,1-3H3,(H2,31,32,33,34,35)/b30-17+. The van der Waals surface area contributed by atoms with Gasteiger partial charge in [-0.25, -0.2) is 5.43 Å². The number of benzene rings is 2. The molecule has 5 rings (SSSR count). The Kier molecular flexibility index (Phi) is 7.37. The Morgan fingerprint density at radius 2 is 1.78 bits per heavy atom. The van der Waals surface area contributed by atoms with E-state index in [-0.39, 0.29) is 0 Å². The predicted molar refractivity (Wildman–Crippen MR) is 150 cm³/mol. The van der Waals surface area contributed by atoms with Crippen molar-refractivity contribution in [2.45, 2.75) is 33.6 Å². The molecule has 1 aliphatic rings. The van der Waals surface area contributed by atoms with E-state index >= 15 is 0 Å². The molecule has 2 N–H and O–H groups in total. The number of aryl methyl sites for hydroxylation is 1. The minimum absolute atomic E-state index is 0.356. The highest BCUT2D eigenvalue weighted by Crippen LogP contribution is 2.26. The topological polar surface area (TPSA) is 91.5 Å². The molecule has 0 unspecified atom stereocenters. The third kappa shape index (κ3) is 6.09. The van der Waals surface area contributed by atoms with Gasteiger partial charge in [-0.05, 0) is 74.1 Å². The first kappa shape index (κ1) is 24.8. The van der Waals surface area contributed by atoms with Crippen LogP contribution in [-0.4, -0.2) is 34.3 Å². The molecule has 0 atom stereocenters. The van der Waals surface area contributed by atoms with Gasteiger partial charge in [-0.3, -0.25) is 0 Å². The van der Waals surface area contributed by atoms with E-state index in [1.165, 1.54) is 5.56 Å². The van der Waals surface area contributed by atoms with Crippen LogP contribution < -0.4 is 15.6 Å². The van der Waals surface area contributed by atoms with Gasteiger partial charge in [0, 0.05) is 29.4 Å². The number of nitrogens with one attached hydrogen (secondary N) is 2. The number of anilines is 4. The van der Waals surface area contributed by atoms with E-state index in [9.17, 15) is 0 Å². The van der Waals surface area contributed by atoms with Gasteiger partial charge in [0.05, 0.1) is 6.21 Å². The Labute approximate surface area is 221 Å². The van der Waals surface area contributed by atoms with E-state index in [1.807, 2.05) is 48.5 Å². The van der Waals surface area contributed by atoms with Gasteiger partial charge in [0.2, 0.25) is 17.8 Å². The van der Waals surface area contributed by atoms with Gasteiger partial charge >= 0.3 is 0 Å². The lowest BCUT2D eigenvalue weighted by molar-refractivity contribution is 0.434. The number of piperidine rings is 1. The van der Waals surface area contributed by atoms with E-state index in [1.54, 1.807) is 6.21 Å². The van der Waals surface area contributed by atoms with Crippen LogP contribution in [0.3, 0.4) is 0 Å². The highest BCUT2D eigenvalue weighted by molar-refractivity contribution is 6.30. The molecule has 2 aromatic heterocycles. The number of hydrogen-bond donors (Lipinski definition) is 2. The van der Waals surface area contributed by atoms with Gasteiger partial charge in [-0.2, -0.15) is 20.1 Å². The molecule has 0 saturated carbocycles. The maximum absolute atomic E-state index is 6.10. The fourth-order valence-corrected chi connectivity index (χ4v) is 4.39. The van der Waals surface area contributed by atoms with E-state index in [2.05, 4.69) is 57.5 Å². The second-order valence-corrected chi connectivity index (χ2v) is 9.84. The molecule has 3 heterocycles. The summed E-state index contributed by atoms with van der Waals surface area (Å²) in [6, 6.07) is 17.4. The Hall–Kier alpha value is -3.91. The number of furan rings is 1. The smallest absolute Gasteiger partial charge is 0.250 e. The number of rotatable bonds is 7. The maximum atomic E-state index is 6.10. The molecule has 0 spiro atoms. The quantitative estimate of drug-likeness (QED) is 0.206. The zero-order valence-corrected chi connectivity index (χ0v) is 22.0. The number of hydrogen-bond acceptors (Lipinski definition) is 8. The lowest BCUT2D eigenvalue weighted by Gasteiger charge is -2.30. The Morgan fingerprint density at radius 3 is 2.59 bits per heavy atom. The highest BCUT2D eigenvalue weighted by atomic mass is 35.5. The number of nitrogens with zero attached hydrogens (tertiary/aromatic N) is 5. The lowest BCUT2D eigenvalue weighted by atomic mass is 10.00. The molecule has 2 aromatic carbocycles. The van der Waals surface area contributed by atoms with Crippen molar-refractivity contribution in [1.29, 1.82) is 0 Å². The molecule has 4 aromatic rings. The van der Waals surface area contributed by atoms with Crippen LogP contribution >= 0.6 is 11.6 Å². The normalized spacial score (nSPS) is 14.3. The monoisotopic (exact) mass is 515 g/mol. The van der Waals surface area contributed by atoms with Crippen molar-refractivity contribution in [3.8, 4) is 11.3 Å². The molecule has 190 valence electrons. The molecule has 8 nitrogen and oxygen atoms in total. The Balaban J connectivity index is 1.36. The molecular formula is C28H30ClN7O. The van der Waals surface area contributed by atoms with Crippen LogP contribution in [0.15, 0.2) is 64.1 Å². The zero-order valence-electron chi connectivity index (χ0n) is 21.2.